The second kappa shape index (κ2) is 12.3. The summed E-state index contributed by atoms with van der Waals surface area (Å²) in [7, 11) is 0. The molecule has 5 N–H and O–H groups in total. The standard InChI is InChI=1S/C22H20N2O2.C4H6O5/c23-13-15-9-11-16(12-10-15)24-22(25)26-14-21-19-7-3-1-5-17(19)18-6-2-4-8-20(18)21;5-3(6)1-9-2-4(7)8/h1-12,21H,13-14,23H2,(H,24,25);1-2H2,(H,5,6)(H,7,8). The second-order valence-corrected chi connectivity index (χ2v) is 7.63. The molecule has 0 spiro atoms. The molecule has 0 heterocycles. The summed E-state index contributed by atoms with van der Waals surface area (Å²) in [6.07, 6.45) is -0.452. The minimum atomic E-state index is -1.17. The molecule has 182 valence electrons. The summed E-state index contributed by atoms with van der Waals surface area (Å²) in [5.74, 6) is -2.28. The van der Waals surface area contributed by atoms with E-state index in [0.29, 0.717) is 18.8 Å². The monoisotopic (exact) mass is 478 g/mol. The lowest BCUT2D eigenvalue weighted by Crippen LogP contribution is -2.17. The van der Waals surface area contributed by atoms with Gasteiger partial charge in [-0.15, -0.1) is 0 Å². The molecular weight excluding hydrogens is 452 g/mol. The van der Waals surface area contributed by atoms with Crippen LogP contribution in [0.2, 0.25) is 0 Å². The predicted molar refractivity (Wildman–Crippen MR) is 129 cm³/mol. The molecule has 9 heteroatoms. The Morgan fingerprint density at radius 3 is 1.80 bits per heavy atom. The Morgan fingerprint density at radius 1 is 0.800 bits per heavy atom. The van der Waals surface area contributed by atoms with Crippen LogP contribution in [0.1, 0.15) is 22.6 Å². The van der Waals surface area contributed by atoms with E-state index in [0.717, 1.165) is 5.56 Å². The summed E-state index contributed by atoms with van der Waals surface area (Å²) in [5.41, 5.74) is 12.1. The van der Waals surface area contributed by atoms with Gasteiger partial charge in [0.2, 0.25) is 0 Å². The Labute approximate surface area is 202 Å². The number of aliphatic carboxylic acids is 2. The molecular formula is C26H26N2O7. The predicted octanol–water partition coefficient (Wildman–Crippen LogP) is 3.68. The highest BCUT2D eigenvalue weighted by Gasteiger charge is 2.28. The van der Waals surface area contributed by atoms with E-state index >= 15 is 0 Å². The molecule has 0 bridgehead atoms. The number of nitrogens with one attached hydrogen (secondary N) is 1. The molecule has 4 rings (SSSR count). The molecule has 0 aromatic heterocycles. The number of hydrogen-bond donors (Lipinski definition) is 4. The van der Waals surface area contributed by atoms with Gasteiger partial charge in [0.25, 0.3) is 0 Å². The van der Waals surface area contributed by atoms with Gasteiger partial charge in [0.05, 0.1) is 0 Å². The van der Waals surface area contributed by atoms with E-state index in [9.17, 15) is 14.4 Å². The Morgan fingerprint density at radius 2 is 1.31 bits per heavy atom. The van der Waals surface area contributed by atoms with Crippen LogP contribution in [0, 0.1) is 0 Å². The first kappa shape index (κ1) is 25.4. The van der Waals surface area contributed by atoms with Crippen molar-refractivity contribution in [2.24, 2.45) is 5.73 Å². The Balaban J connectivity index is 0.000000327. The number of carbonyl (C=O) groups excluding carboxylic acids is 1. The molecule has 0 saturated carbocycles. The van der Waals surface area contributed by atoms with Crippen LogP contribution in [0.25, 0.3) is 11.1 Å². The lowest BCUT2D eigenvalue weighted by Gasteiger charge is -2.14. The average molecular weight is 479 g/mol. The van der Waals surface area contributed by atoms with Crippen molar-refractivity contribution < 1.29 is 34.1 Å². The van der Waals surface area contributed by atoms with Gasteiger partial charge in [0, 0.05) is 18.2 Å². The van der Waals surface area contributed by atoms with Crippen molar-refractivity contribution in [1.29, 1.82) is 0 Å². The number of carboxylic acids is 2. The topological polar surface area (TPSA) is 148 Å². The summed E-state index contributed by atoms with van der Waals surface area (Å²) in [5, 5.41) is 18.6. The van der Waals surface area contributed by atoms with E-state index in [1.807, 2.05) is 48.5 Å². The molecule has 0 radical (unpaired) electrons. The first-order chi connectivity index (χ1) is 16.9. The number of carbonyl (C=O) groups is 3. The zero-order valence-corrected chi connectivity index (χ0v) is 18.8. The number of carboxylic acid groups (broad SMARTS) is 2. The first-order valence-corrected chi connectivity index (χ1v) is 10.8. The number of benzene rings is 3. The van der Waals surface area contributed by atoms with Crippen LogP contribution in [0.3, 0.4) is 0 Å². The van der Waals surface area contributed by atoms with E-state index < -0.39 is 31.2 Å². The van der Waals surface area contributed by atoms with Crippen molar-refractivity contribution in [3.63, 3.8) is 0 Å². The highest BCUT2D eigenvalue weighted by atomic mass is 16.5. The highest BCUT2D eigenvalue weighted by Crippen LogP contribution is 2.44. The molecule has 0 saturated heterocycles. The molecule has 35 heavy (non-hydrogen) atoms. The third-order valence-corrected chi connectivity index (χ3v) is 5.23. The minimum absolute atomic E-state index is 0.0627. The molecule has 0 fully saturated rings. The van der Waals surface area contributed by atoms with Crippen LogP contribution in [0.15, 0.2) is 72.8 Å². The summed E-state index contributed by atoms with van der Waals surface area (Å²) in [6, 6.07) is 24.0. The van der Waals surface area contributed by atoms with Crippen molar-refractivity contribution in [2.45, 2.75) is 12.5 Å². The fraction of sp³-hybridized carbons (Fsp3) is 0.192. The van der Waals surface area contributed by atoms with Crippen molar-refractivity contribution in [3.05, 3.63) is 89.5 Å². The molecule has 3 aromatic carbocycles. The average Bonchev–Trinajstić information content (AvgIpc) is 3.17. The van der Waals surface area contributed by atoms with E-state index in [4.69, 9.17) is 20.7 Å². The fourth-order valence-electron chi connectivity index (χ4n) is 3.70. The lowest BCUT2D eigenvalue weighted by atomic mass is 9.98. The van der Waals surface area contributed by atoms with Crippen LogP contribution in [0.5, 0.6) is 0 Å². The summed E-state index contributed by atoms with van der Waals surface area (Å²) in [6.45, 7) is -0.343. The highest BCUT2D eigenvalue weighted by molar-refractivity contribution is 5.85. The second-order valence-electron chi connectivity index (χ2n) is 7.63. The summed E-state index contributed by atoms with van der Waals surface area (Å²) >= 11 is 0. The van der Waals surface area contributed by atoms with Gasteiger partial charge in [-0.05, 0) is 39.9 Å². The number of rotatable bonds is 8. The van der Waals surface area contributed by atoms with Gasteiger partial charge in [0.15, 0.2) is 0 Å². The van der Waals surface area contributed by atoms with E-state index in [-0.39, 0.29) is 5.92 Å². The van der Waals surface area contributed by atoms with Crippen LogP contribution >= 0.6 is 0 Å². The molecule has 0 unspecified atom stereocenters. The first-order valence-electron chi connectivity index (χ1n) is 10.8. The zero-order chi connectivity index (χ0) is 25.2. The SMILES string of the molecule is NCc1ccc(NC(=O)OCC2c3ccccc3-c3ccccc32)cc1.O=C(O)COCC(=O)O. The normalized spacial score (nSPS) is 11.5. The summed E-state index contributed by atoms with van der Waals surface area (Å²) < 4.78 is 9.68. The number of anilines is 1. The summed E-state index contributed by atoms with van der Waals surface area (Å²) in [4.78, 5) is 31.5. The number of ether oxygens (including phenoxy) is 2. The fourth-order valence-corrected chi connectivity index (χ4v) is 3.70. The van der Waals surface area contributed by atoms with Gasteiger partial charge in [-0.25, -0.2) is 14.4 Å². The number of nitrogens with two attached hydrogens (primary N) is 1. The van der Waals surface area contributed by atoms with Crippen molar-refractivity contribution in [2.75, 3.05) is 25.1 Å². The zero-order valence-electron chi connectivity index (χ0n) is 18.8. The Kier molecular flexibility index (Phi) is 8.94. The van der Waals surface area contributed by atoms with Gasteiger partial charge < -0.3 is 25.4 Å². The van der Waals surface area contributed by atoms with E-state index in [1.54, 1.807) is 0 Å². The van der Waals surface area contributed by atoms with Gasteiger partial charge in [-0.1, -0.05) is 60.7 Å². The van der Waals surface area contributed by atoms with Gasteiger partial charge in [0.1, 0.15) is 19.8 Å². The van der Waals surface area contributed by atoms with Gasteiger partial charge in [-0.2, -0.15) is 0 Å². The van der Waals surface area contributed by atoms with Crippen LogP contribution in [0.4, 0.5) is 10.5 Å². The van der Waals surface area contributed by atoms with Crippen LogP contribution < -0.4 is 11.1 Å². The quantitative estimate of drug-likeness (QED) is 0.383. The largest absolute Gasteiger partial charge is 0.480 e. The third-order valence-electron chi connectivity index (χ3n) is 5.23. The number of amides is 1. The van der Waals surface area contributed by atoms with Crippen molar-refractivity contribution in [1.82, 2.24) is 0 Å². The Bertz CT molecular complexity index is 1120. The van der Waals surface area contributed by atoms with E-state index in [1.165, 1.54) is 22.3 Å². The molecule has 0 atom stereocenters. The van der Waals surface area contributed by atoms with Gasteiger partial charge in [-0.3, -0.25) is 5.32 Å². The molecule has 1 amide bonds. The maximum atomic E-state index is 12.2. The van der Waals surface area contributed by atoms with Crippen LogP contribution in [-0.4, -0.2) is 48.1 Å². The number of hydrogen-bond acceptors (Lipinski definition) is 6. The van der Waals surface area contributed by atoms with Crippen molar-refractivity contribution in [3.8, 4) is 11.1 Å². The Hall–Kier alpha value is -4.21. The maximum absolute atomic E-state index is 12.2. The molecule has 1 aliphatic carbocycles. The van der Waals surface area contributed by atoms with Gasteiger partial charge >= 0.3 is 18.0 Å². The maximum Gasteiger partial charge on any atom is 0.411 e. The van der Waals surface area contributed by atoms with Crippen LogP contribution in [-0.2, 0) is 25.6 Å². The lowest BCUT2D eigenvalue weighted by molar-refractivity contribution is -0.148. The smallest absolute Gasteiger partial charge is 0.411 e. The minimum Gasteiger partial charge on any atom is -0.480 e. The third kappa shape index (κ3) is 7.13. The van der Waals surface area contributed by atoms with Crippen molar-refractivity contribution >= 4 is 23.7 Å². The molecule has 3 aromatic rings. The molecule has 1 aliphatic rings. The molecule has 0 aliphatic heterocycles. The number of fused-ring (bicyclic) bond motifs is 3. The molecule has 9 nitrogen and oxygen atoms in total. The van der Waals surface area contributed by atoms with E-state index in [2.05, 4.69) is 34.3 Å².